The van der Waals surface area contributed by atoms with E-state index in [2.05, 4.69) is 5.92 Å². The number of benzene rings is 1. The molecule has 0 aromatic heterocycles. The summed E-state index contributed by atoms with van der Waals surface area (Å²) < 4.78 is 44.1. The molecule has 0 saturated heterocycles. The van der Waals surface area contributed by atoms with Gasteiger partial charge in [0, 0.05) is 12.5 Å². The summed E-state index contributed by atoms with van der Waals surface area (Å²) in [6, 6.07) is 3.89. The smallest absolute Gasteiger partial charge is 0.419 e. The molecule has 0 amide bonds. The van der Waals surface area contributed by atoms with Gasteiger partial charge in [0.15, 0.2) is 0 Å². The van der Waals surface area contributed by atoms with Crippen LogP contribution in [-0.4, -0.2) is 12.6 Å². The Balaban J connectivity index is 2.98. The molecule has 1 rings (SSSR count). The van der Waals surface area contributed by atoms with Crippen LogP contribution in [0.4, 0.5) is 13.2 Å². The second kappa shape index (κ2) is 7.20. The monoisotopic (exact) mass is 285 g/mol. The summed E-state index contributed by atoms with van der Waals surface area (Å²) in [4.78, 5) is 0. The van der Waals surface area contributed by atoms with E-state index in [9.17, 15) is 13.2 Å². The highest BCUT2D eigenvalue weighted by Gasteiger charge is 2.34. The van der Waals surface area contributed by atoms with Gasteiger partial charge in [0.05, 0.1) is 12.2 Å². The molecular formula is C15H18F3NO. The molecule has 20 heavy (non-hydrogen) atoms. The lowest BCUT2D eigenvalue weighted by atomic mass is 10.0. The highest BCUT2D eigenvalue weighted by Crippen LogP contribution is 2.37. The van der Waals surface area contributed by atoms with Crippen molar-refractivity contribution in [2.75, 3.05) is 6.61 Å². The van der Waals surface area contributed by atoms with Gasteiger partial charge in [0.2, 0.25) is 0 Å². The third-order valence-corrected chi connectivity index (χ3v) is 2.88. The lowest BCUT2D eigenvalue weighted by Crippen LogP contribution is -2.21. The first-order chi connectivity index (χ1) is 9.38. The van der Waals surface area contributed by atoms with Crippen LogP contribution in [0.2, 0.25) is 0 Å². The lowest BCUT2D eigenvalue weighted by Gasteiger charge is -2.16. The molecule has 0 spiro atoms. The molecule has 1 atom stereocenters. The third-order valence-electron chi connectivity index (χ3n) is 2.88. The molecule has 0 bridgehead atoms. The fourth-order valence-electron chi connectivity index (χ4n) is 1.72. The highest BCUT2D eigenvalue weighted by molar-refractivity contribution is 5.39. The van der Waals surface area contributed by atoms with E-state index < -0.39 is 11.7 Å². The summed E-state index contributed by atoms with van der Waals surface area (Å²) in [5.41, 5.74) is 5.54. The van der Waals surface area contributed by atoms with Gasteiger partial charge in [-0.2, -0.15) is 13.2 Å². The predicted octanol–water partition coefficient (Wildman–Crippen LogP) is 3.39. The summed E-state index contributed by atoms with van der Waals surface area (Å²) in [5.74, 6) is 2.13. The molecule has 1 aromatic carbocycles. The van der Waals surface area contributed by atoms with Crippen LogP contribution in [0.25, 0.3) is 0 Å². The van der Waals surface area contributed by atoms with E-state index in [4.69, 9.17) is 16.9 Å². The van der Waals surface area contributed by atoms with Crippen LogP contribution >= 0.6 is 0 Å². The van der Waals surface area contributed by atoms with Crippen molar-refractivity contribution < 1.29 is 17.9 Å². The fourth-order valence-corrected chi connectivity index (χ4v) is 1.72. The van der Waals surface area contributed by atoms with E-state index in [1.165, 1.54) is 6.07 Å². The van der Waals surface area contributed by atoms with Gasteiger partial charge in [0.25, 0.3) is 0 Å². The topological polar surface area (TPSA) is 35.2 Å². The van der Waals surface area contributed by atoms with Crippen LogP contribution < -0.4 is 10.5 Å². The highest BCUT2D eigenvalue weighted by atomic mass is 19.4. The molecule has 0 heterocycles. The van der Waals surface area contributed by atoms with Crippen molar-refractivity contribution in [1.29, 1.82) is 0 Å². The van der Waals surface area contributed by atoms with E-state index >= 15 is 0 Å². The van der Waals surface area contributed by atoms with E-state index in [1.54, 1.807) is 6.07 Å². The van der Waals surface area contributed by atoms with Gasteiger partial charge in [-0.1, -0.05) is 13.0 Å². The Bertz CT molecular complexity index is 477. The Morgan fingerprint density at radius 1 is 1.40 bits per heavy atom. The van der Waals surface area contributed by atoms with Crippen molar-refractivity contribution >= 4 is 0 Å². The number of halogens is 3. The Labute approximate surface area is 117 Å². The van der Waals surface area contributed by atoms with E-state index in [0.717, 1.165) is 6.07 Å². The van der Waals surface area contributed by atoms with Crippen LogP contribution in [0.5, 0.6) is 5.75 Å². The summed E-state index contributed by atoms with van der Waals surface area (Å²) in [7, 11) is 0. The summed E-state index contributed by atoms with van der Waals surface area (Å²) in [5, 5.41) is 0. The van der Waals surface area contributed by atoms with Gasteiger partial charge in [-0.15, -0.1) is 12.3 Å². The molecule has 0 fully saturated rings. The van der Waals surface area contributed by atoms with Crippen LogP contribution in [0.15, 0.2) is 18.2 Å². The summed E-state index contributed by atoms with van der Waals surface area (Å²) >= 11 is 0. The number of nitrogens with two attached hydrogens (primary N) is 1. The number of terminal acetylenes is 1. The maximum absolute atomic E-state index is 13.0. The minimum absolute atomic E-state index is 0.0629. The standard InChI is InChI=1S/C15H18F3NO/c1-3-5-8-20-14-7-6-11(9-12(19)4-2)10-13(14)15(16,17)18/h1,6-7,10,12H,4-5,8-9,19H2,2H3. The Morgan fingerprint density at radius 3 is 2.65 bits per heavy atom. The summed E-state index contributed by atoms with van der Waals surface area (Å²) in [6.07, 6.45) is 1.96. The zero-order chi connectivity index (χ0) is 15.2. The van der Waals surface area contributed by atoms with E-state index in [0.29, 0.717) is 18.4 Å². The average molecular weight is 285 g/mol. The molecule has 0 aliphatic rings. The molecule has 0 radical (unpaired) electrons. The van der Waals surface area contributed by atoms with Gasteiger partial charge >= 0.3 is 6.18 Å². The second-order valence-electron chi connectivity index (χ2n) is 4.50. The van der Waals surface area contributed by atoms with Crippen molar-refractivity contribution in [2.45, 2.75) is 38.4 Å². The molecule has 1 unspecified atom stereocenters. The normalized spacial score (nSPS) is 12.8. The Hall–Kier alpha value is -1.67. The molecule has 0 saturated carbocycles. The number of hydrogen-bond acceptors (Lipinski definition) is 2. The molecule has 0 aliphatic heterocycles. The fraction of sp³-hybridized carbons (Fsp3) is 0.467. The molecule has 0 aliphatic carbocycles. The molecule has 2 nitrogen and oxygen atoms in total. The third kappa shape index (κ3) is 4.78. The number of alkyl halides is 3. The maximum Gasteiger partial charge on any atom is 0.419 e. The van der Waals surface area contributed by atoms with Crippen molar-refractivity contribution in [3.8, 4) is 18.1 Å². The summed E-state index contributed by atoms with van der Waals surface area (Å²) in [6.45, 7) is 1.96. The molecule has 1 aromatic rings. The van der Waals surface area contributed by atoms with E-state index in [1.807, 2.05) is 6.92 Å². The second-order valence-corrected chi connectivity index (χ2v) is 4.50. The van der Waals surface area contributed by atoms with Gasteiger partial charge in [-0.05, 0) is 30.5 Å². The van der Waals surface area contributed by atoms with Crippen molar-refractivity contribution in [1.82, 2.24) is 0 Å². The first-order valence-corrected chi connectivity index (χ1v) is 6.40. The molecular weight excluding hydrogens is 267 g/mol. The van der Waals surface area contributed by atoms with Crippen molar-refractivity contribution in [2.24, 2.45) is 5.73 Å². The first-order valence-electron chi connectivity index (χ1n) is 6.40. The predicted molar refractivity (Wildman–Crippen MR) is 72.4 cm³/mol. The quantitative estimate of drug-likeness (QED) is 0.642. The molecule has 5 heteroatoms. The number of ether oxygens (including phenoxy) is 1. The zero-order valence-electron chi connectivity index (χ0n) is 11.3. The van der Waals surface area contributed by atoms with Gasteiger partial charge in [-0.25, -0.2) is 0 Å². The van der Waals surface area contributed by atoms with Gasteiger partial charge in [-0.3, -0.25) is 0 Å². The van der Waals surface area contributed by atoms with Crippen LogP contribution in [0.1, 0.15) is 30.9 Å². The number of hydrogen-bond donors (Lipinski definition) is 1. The number of rotatable bonds is 6. The van der Waals surface area contributed by atoms with Crippen LogP contribution in [0, 0.1) is 12.3 Å². The molecule has 2 N–H and O–H groups in total. The molecule has 110 valence electrons. The Kier molecular flexibility index (Phi) is 5.90. The van der Waals surface area contributed by atoms with Gasteiger partial charge in [0.1, 0.15) is 5.75 Å². The minimum Gasteiger partial charge on any atom is -0.492 e. The Morgan fingerprint density at radius 2 is 2.10 bits per heavy atom. The average Bonchev–Trinajstić information content (AvgIpc) is 2.39. The van der Waals surface area contributed by atoms with Gasteiger partial charge < -0.3 is 10.5 Å². The minimum atomic E-state index is -4.46. The SMILES string of the molecule is C#CCCOc1ccc(CC(N)CC)cc1C(F)(F)F. The van der Waals surface area contributed by atoms with Crippen LogP contribution in [-0.2, 0) is 12.6 Å². The first kappa shape index (κ1) is 16.4. The maximum atomic E-state index is 13.0. The lowest BCUT2D eigenvalue weighted by molar-refractivity contribution is -0.139. The van der Waals surface area contributed by atoms with Crippen molar-refractivity contribution in [3.05, 3.63) is 29.3 Å². The van der Waals surface area contributed by atoms with E-state index in [-0.39, 0.29) is 24.8 Å². The van der Waals surface area contributed by atoms with Crippen molar-refractivity contribution in [3.63, 3.8) is 0 Å². The largest absolute Gasteiger partial charge is 0.492 e. The zero-order valence-corrected chi connectivity index (χ0v) is 11.3. The van der Waals surface area contributed by atoms with Crippen LogP contribution in [0.3, 0.4) is 0 Å².